The maximum absolute atomic E-state index is 11.7. The summed E-state index contributed by atoms with van der Waals surface area (Å²) in [6.07, 6.45) is 2.49. The maximum atomic E-state index is 11.7. The molecule has 0 aliphatic rings. The fourth-order valence-electron chi connectivity index (χ4n) is 3.05. The van der Waals surface area contributed by atoms with Gasteiger partial charge < -0.3 is 13.6 Å². The van der Waals surface area contributed by atoms with Gasteiger partial charge in [0.2, 0.25) is 0 Å². The Kier molecular flexibility index (Phi) is 3.38. The fraction of sp³-hybridized carbons (Fsp3) is 0.150. The predicted molar refractivity (Wildman–Crippen MR) is 93.6 cm³/mol. The van der Waals surface area contributed by atoms with E-state index in [1.165, 1.54) is 0 Å². The van der Waals surface area contributed by atoms with E-state index in [1.807, 2.05) is 37.3 Å². The molecule has 0 amide bonds. The monoisotopic (exact) mass is 320 g/mol. The molecule has 0 radical (unpaired) electrons. The Balaban J connectivity index is 2.01. The maximum Gasteiger partial charge on any atom is 0.336 e. The number of aryl methyl sites for hydroxylation is 1. The lowest BCUT2D eigenvalue weighted by Crippen LogP contribution is -1.99. The van der Waals surface area contributed by atoms with Crippen molar-refractivity contribution in [3.63, 3.8) is 0 Å². The van der Waals surface area contributed by atoms with Crippen LogP contribution < -0.4 is 10.4 Å². The summed E-state index contributed by atoms with van der Waals surface area (Å²) in [5, 5.41) is 1.93. The van der Waals surface area contributed by atoms with Crippen LogP contribution in [0.25, 0.3) is 33.1 Å². The number of furan rings is 1. The zero-order valence-corrected chi connectivity index (χ0v) is 13.5. The second-order valence-electron chi connectivity index (χ2n) is 5.67. The van der Waals surface area contributed by atoms with Crippen molar-refractivity contribution in [2.24, 2.45) is 0 Å². The standard InChI is InChI=1S/C20H16O4/c1-3-12-8-20(21)24-19-10-18-16(9-15(12)19)17(11-23-18)13-5-4-6-14(7-13)22-2/h4-11H,3H2,1-2H3. The molecule has 0 aliphatic heterocycles. The molecule has 2 aromatic carbocycles. The van der Waals surface area contributed by atoms with E-state index in [-0.39, 0.29) is 5.63 Å². The van der Waals surface area contributed by atoms with Gasteiger partial charge in [0.1, 0.15) is 16.9 Å². The lowest BCUT2D eigenvalue weighted by atomic mass is 10.0. The zero-order valence-electron chi connectivity index (χ0n) is 13.5. The van der Waals surface area contributed by atoms with E-state index in [0.29, 0.717) is 11.2 Å². The smallest absolute Gasteiger partial charge is 0.336 e. The van der Waals surface area contributed by atoms with Crippen molar-refractivity contribution in [1.29, 1.82) is 0 Å². The Hall–Kier alpha value is -3.01. The van der Waals surface area contributed by atoms with Gasteiger partial charge in [-0.2, -0.15) is 0 Å². The highest BCUT2D eigenvalue weighted by Crippen LogP contribution is 2.35. The lowest BCUT2D eigenvalue weighted by Gasteiger charge is -2.05. The van der Waals surface area contributed by atoms with Gasteiger partial charge in [-0.15, -0.1) is 0 Å². The Morgan fingerprint density at radius 1 is 1.04 bits per heavy atom. The van der Waals surface area contributed by atoms with Crippen molar-refractivity contribution in [2.45, 2.75) is 13.3 Å². The minimum absolute atomic E-state index is 0.335. The minimum atomic E-state index is -0.335. The molecule has 0 aliphatic carbocycles. The molecule has 2 aromatic heterocycles. The van der Waals surface area contributed by atoms with Gasteiger partial charge in [0.15, 0.2) is 0 Å². The highest BCUT2D eigenvalue weighted by atomic mass is 16.5. The second kappa shape index (κ2) is 5.57. The molecule has 0 bridgehead atoms. The van der Waals surface area contributed by atoms with Gasteiger partial charge in [0.25, 0.3) is 0 Å². The summed E-state index contributed by atoms with van der Waals surface area (Å²) in [5.41, 5.74) is 3.89. The number of methoxy groups -OCH3 is 1. The van der Waals surface area contributed by atoms with Gasteiger partial charge in [0.05, 0.1) is 13.4 Å². The van der Waals surface area contributed by atoms with E-state index in [4.69, 9.17) is 13.6 Å². The largest absolute Gasteiger partial charge is 0.497 e. The first-order valence-corrected chi connectivity index (χ1v) is 7.82. The van der Waals surface area contributed by atoms with Crippen LogP contribution in [0.15, 0.2) is 62.4 Å². The zero-order chi connectivity index (χ0) is 16.7. The van der Waals surface area contributed by atoms with E-state index >= 15 is 0 Å². The first-order valence-electron chi connectivity index (χ1n) is 7.82. The predicted octanol–water partition coefficient (Wildman–Crippen LogP) is 4.78. The van der Waals surface area contributed by atoms with E-state index < -0.39 is 0 Å². The van der Waals surface area contributed by atoms with Crippen LogP contribution in [0.5, 0.6) is 5.75 Å². The van der Waals surface area contributed by atoms with Crippen molar-refractivity contribution in [3.8, 4) is 16.9 Å². The molecule has 120 valence electrons. The Morgan fingerprint density at radius 3 is 2.71 bits per heavy atom. The summed E-state index contributed by atoms with van der Waals surface area (Å²) in [5.74, 6) is 0.794. The summed E-state index contributed by atoms with van der Waals surface area (Å²) in [6.45, 7) is 2.02. The molecule has 4 nitrogen and oxygen atoms in total. The minimum Gasteiger partial charge on any atom is -0.497 e. The van der Waals surface area contributed by atoms with Crippen molar-refractivity contribution in [1.82, 2.24) is 0 Å². The van der Waals surface area contributed by atoms with Crippen LogP contribution >= 0.6 is 0 Å². The van der Waals surface area contributed by atoms with Gasteiger partial charge in [-0.05, 0) is 35.7 Å². The Bertz CT molecular complexity index is 1100. The van der Waals surface area contributed by atoms with Crippen LogP contribution in [0.1, 0.15) is 12.5 Å². The van der Waals surface area contributed by atoms with Gasteiger partial charge in [-0.1, -0.05) is 19.1 Å². The number of ether oxygens (including phenoxy) is 1. The third-order valence-corrected chi connectivity index (χ3v) is 4.29. The molecular weight excluding hydrogens is 304 g/mol. The molecule has 0 atom stereocenters. The summed E-state index contributed by atoms with van der Waals surface area (Å²) >= 11 is 0. The van der Waals surface area contributed by atoms with Crippen LogP contribution in [0.4, 0.5) is 0 Å². The van der Waals surface area contributed by atoms with E-state index in [9.17, 15) is 4.79 Å². The first kappa shape index (κ1) is 14.6. The quantitative estimate of drug-likeness (QED) is 0.510. The van der Waals surface area contributed by atoms with E-state index in [1.54, 1.807) is 25.5 Å². The van der Waals surface area contributed by atoms with E-state index in [2.05, 4.69) is 0 Å². The first-order chi connectivity index (χ1) is 11.7. The molecule has 0 saturated heterocycles. The molecule has 0 fully saturated rings. The van der Waals surface area contributed by atoms with Crippen LogP contribution in [-0.4, -0.2) is 7.11 Å². The molecule has 0 saturated carbocycles. The molecule has 4 heteroatoms. The second-order valence-corrected chi connectivity index (χ2v) is 5.67. The lowest BCUT2D eigenvalue weighted by molar-refractivity contribution is 0.415. The van der Waals surface area contributed by atoms with Gasteiger partial charge in [-0.25, -0.2) is 4.79 Å². The van der Waals surface area contributed by atoms with Crippen LogP contribution in [0.3, 0.4) is 0 Å². The van der Waals surface area contributed by atoms with Crippen LogP contribution in [0.2, 0.25) is 0 Å². The number of rotatable bonds is 3. The highest BCUT2D eigenvalue weighted by molar-refractivity contribution is 6.02. The molecular formula is C20H16O4. The fourth-order valence-corrected chi connectivity index (χ4v) is 3.05. The molecule has 2 heterocycles. The Morgan fingerprint density at radius 2 is 1.92 bits per heavy atom. The van der Waals surface area contributed by atoms with Crippen LogP contribution in [-0.2, 0) is 6.42 Å². The normalized spacial score (nSPS) is 11.2. The molecule has 0 N–H and O–H groups in total. The van der Waals surface area contributed by atoms with E-state index in [0.717, 1.165) is 39.6 Å². The van der Waals surface area contributed by atoms with Crippen molar-refractivity contribution in [3.05, 3.63) is 64.7 Å². The summed E-state index contributed by atoms with van der Waals surface area (Å²) in [4.78, 5) is 11.7. The average molecular weight is 320 g/mol. The third-order valence-electron chi connectivity index (χ3n) is 4.29. The number of hydrogen-bond donors (Lipinski definition) is 0. The average Bonchev–Trinajstić information content (AvgIpc) is 3.02. The topological polar surface area (TPSA) is 52.6 Å². The number of fused-ring (bicyclic) bond motifs is 2. The number of hydrogen-bond acceptors (Lipinski definition) is 4. The molecule has 0 unspecified atom stereocenters. The molecule has 4 aromatic rings. The molecule has 24 heavy (non-hydrogen) atoms. The van der Waals surface area contributed by atoms with Crippen LogP contribution in [0, 0.1) is 0 Å². The van der Waals surface area contributed by atoms with Gasteiger partial charge in [-0.3, -0.25) is 0 Å². The van der Waals surface area contributed by atoms with Crippen molar-refractivity contribution >= 4 is 21.9 Å². The van der Waals surface area contributed by atoms with Gasteiger partial charge >= 0.3 is 5.63 Å². The SMILES string of the molecule is CCc1cc(=O)oc2cc3occ(-c4cccc(OC)c4)c3cc12. The number of benzene rings is 2. The third kappa shape index (κ3) is 2.27. The summed E-state index contributed by atoms with van der Waals surface area (Å²) < 4.78 is 16.3. The summed E-state index contributed by atoms with van der Waals surface area (Å²) in [7, 11) is 1.65. The van der Waals surface area contributed by atoms with Crippen molar-refractivity contribution in [2.75, 3.05) is 7.11 Å². The summed E-state index contributed by atoms with van der Waals surface area (Å²) in [6, 6.07) is 13.2. The Labute approximate surface area is 138 Å². The highest BCUT2D eigenvalue weighted by Gasteiger charge is 2.13. The van der Waals surface area contributed by atoms with Gasteiger partial charge in [0, 0.05) is 28.5 Å². The molecule has 4 rings (SSSR count). The van der Waals surface area contributed by atoms with Crippen molar-refractivity contribution < 1.29 is 13.6 Å². The molecule has 0 spiro atoms.